The van der Waals surface area contributed by atoms with Gasteiger partial charge in [0.1, 0.15) is 5.60 Å². The van der Waals surface area contributed by atoms with Gasteiger partial charge in [-0.1, -0.05) is 17.7 Å². The second-order valence-corrected chi connectivity index (χ2v) is 7.71. The first-order chi connectivity index (χ1) is 12.7. The molecule has 0 bridgehead atoms. The van der Waals surface area contributed by atoms with Crippen molar-refractivity contribution in [2.75, 3.05) is 17.2 Å². The highest BCUT2D eigenvalue weighted by molar-refractivity contribution is 6.30. The summed E-state index contributed by atoms with van der Waals surface area (Å²) < 4.78 is 5.42. The molecule has 3 amide bonds. The molecule has 3 N–H and O–H groups in total. The van der Waals surface area contributed by atoms with Gasteiger partial charge in [-0.05, 0) is 39.0 Å². The Morgan fingerprint density at radius 1 is 1.30 bits per heavy atom. The molecular weight excluding hydrogens is 370 g/mol. The zero-order chi connectivity index (χ0) is 19.6. The van der Waals surface area contributed by atoms with Crippen LogP contribution in [-0.2, 0) is 17.7 Å². The summed E-state index contributed by atoms with van der Waals surface area (Å²) in [4.78, 5) is 26.2. The summed E-state index contributed by atoms with van der Waals surface area (Å²) in [6.45, 7) is 6.31. The molecule has 1 aromatic carbocycles. The van der Waals surface area contributed by atoms with Crippen molar-refractivity contribution in [1.29, 1.82) is 0 Å². The van der Waals surface area contributed by atoms with E-state index in [1.165, 1.54) is 0 Å². The van der Waals surface area contributed by atoms with E-state index in [4.69, 9.17) is 16.3 Å². The number of aromatic amines is 1. The Labute approximate surface area is 162 Å². The molecule has 1 aliphatic rings. The second-order valence-electron chi connectivity index (χ2n) is 7.27. The quantitative estimate of drug-likeness (QED) is 0.720. The van der Waals surface area contributed by atoms with Crippen molar-refractivity contribution in [2.45, 2.75) is 39.3 Å². The van der Waals surface area contributed by atoms with Gasteiger partial charge in [0, 0.05) is 34.9 Å². The number of halogens is 1. The van der Waals surface area contributed by atoms with Crippen molar-refractivity contribution in [3.8, 4) is 0 Å². The highest BCUT2D eigenvalue weighted by Crippen LogP contribution is 2.25. The zero-order valence-electron chi connectivity index (χ0n) is 15.4. The van der Waals surface area contributed by atoms with Gasteiger partial charge >= 0.3 is 12.1 Å². The number of anilines is 2. The maximum Gasteiger partial charge on any atom is 0.410 e. The summed E-state index contributed by atoms with van der Waals surface area (Å²) >= 11 is 5.92. The van der Waals surface area contributed by atoms with E-state index >= 15 is 0 Å². The summed E-state index contributed by atoms with van der Waals surface area (Å²) in [5, 5.41) is 13.0. The van der Waals surface area contributed by atoms with Gasteiger partial charge < -0.3 is 15.0 Å². The fraction of sp³-hybridized carbons (Fsp3) is 0.389. The lowest BCUT2D eigenvalue weighted by molar-refractivity contribution is 0.0224. The maximum atomic E-state index is 12.3. The number of benzene rings is 1. The molecule has 27 heavy (non-hydrogen) atoms. The Hall–Kier alpha value is -2.74. The number of nitrogens with zero attached hydrogens (tertiary/aromatic N) is 2. The van der Waals surface area contributed by atoms with Crippen molar-refractivity contribution in [2.24, 2.45) is 0 Å². The first-order valence-corrected chi connectivity index (χ1v) is 8.97. The number of ether oxygens (including phenoxy) is 1. The van der Waals surface area contributed by atoms with Crippen LogP contribution in [0.25, 0.3) is 0 Å². The number of nitrogens with one attached hydrogen (secondary N) is 3. The number of amides is 3. The summed E-state index contributed by atoms with van der Waals surface area (Å²) in [5.41, 5.74) is 1.67. The summed E-state index contributed by atoms with van der Waals surface area (Å²) in [6, 6.07) is 6.40. The van der Waals surface area contributed by atoms with Crippen molar-refractivity contribution < 1.29 is 14.3 Å². The Bertz CT molecular complexity index is 859. The van der Waals surface area contributed by atoms with E-state index in [1.54, 1.807) is 29.2 Å². The normalized spacial score (nSPS) is 13.7. The minimum Gasteiger partial charge on any atom is -0.444 e. The van der Waals surface area contributed by atoms with E-state index < -0.39 is 11.6 Å². The lowest BCUT2D eigenvalue weighted by Gasteiger charge is -2.30. The molecule has 2 heterocycles. The molecule has 9 heteroatoms. The van der Waals surface area contributed by atoms with Gasteiger partial charge in [-0.25, -0.2) is 9.59 Å². The number of H-pyrrole nitrogens is 1. The number of carbonyl (C=O) groups is 2. The summed E-state index contributed by atoms with van der Waals surface area (Å²) in [7, 11) is 0. The van der Waals surface area contributed by atoms with Crippen molar-refractivity contribution in [3.05, 3.63) is 40.5 Å². The molecule has 0 spiro atoms. The first kappa shape index (κ1) is 19.0. The Morgan fingerprint density at radius 3 is 2.78 bits per heavy atom. The molecule has 1 aliphatic heterocycles. The molecule has 2 aromatic rings. The van der Waals surface area contributed by atoms with Crippen LogP contribution in [-0.4, -0.2) is 39.4 Å². The van der Waals surface area contributed by atoms with Crippen LogP contribution in [0, 0.1) is 0 Å². The van der Waals surface area contributed by atoms with Crippen LogP contribution in [0.2, 0.25) is 5.02 Å². The highest BCUT2D eigenvalue weighted by atomic mass is 35.5. The number of hydrogen-bond acceptors (Lipinski definition) is 4. The minimum absolute atomic E-state index is 0.313. The average Bonchev–Trinajstić information content (AvgIpc) is 2.95. The first-order valence-electron chi connectivity index (χ1n) is 8.59. The van der Waals surface area contributed by atoms with Crippen LogP contribution < -0.4 is 10.6 Å². The number of hydrogen-bond donors (Lipinski definition) is 3. The number of fused-ring (bicyclic) bond motifs is 1. The van der Waals surface area contributed by atoms with Crippen LogP contribution >= 0.6 is 11.6 Å². The fourth-order valence-corrected chi connectivity index (χ4v) is 2.91. The van der Waals surface area contributed by atoms with Crippen molar-refractivity contribution in [1.82, 2.24) is 15.1 Å². The van der Waals surface area contributed by atoms with Crippen LogP contribution in [0.3, 0.4) is 0 Å². The lowest BCUT2D eigenvalue weighted by atomic mass is 10.1. The number of aromatic nitrogens is 2. The molecule has 1 aromatic heterocycles. The Morgan fingerprint density at radius 2 is 2.07 bits per heavy atom. The van der Waals surface area contributed by atoms with E-state index in [1.807, 2.05) is 20.8 Å². The molecule has 0 saturated carbocycles. The predicted octanol–water partition coefficient (Wildman–Crippen LogP) is 4.00. The molecule has 0 radical (unpaired) electrons. The largest absolute Gasteiger partial charge is 0.444 e. The van der Waals surface area contributed by atoms with Crippen molar-refractivity contribution in [3.63, 3.8) is 0 Å². The van der Waals surface area contributed by atoms with E-state index in [0.717, 1.165) is 11.3 Å². The average molecular weight is 392 g/mol. The fourth-order valence-electron chi connectivity index (χ4n) is 2.72. The van der Waals surface area contributed by atoms with Gasteiger partial charge in [0.05, 0.1) is 6.54 Å². The smallest absolute Gasteiger partial charge is 0.410 e. The molecule has 0 unspecified atom stereocenters. The number of rotatable bonds is 2. The second kappa shape index (κ2) is 7.48. The van der Waals surface area contributed by atoms with Gasteiger partial charge in [0.25, 0.3) is 0 Å². The van der Waals surface area contributed by atoms with Gasteiger partial charge in [0.2, 0.25) is 0 Å². The third-order valence-electron chi connectivity index (χ3n) is 3.90. The van der Waals surface area contributed by atoms with Crippen LogP contribution in [0.5, 0.6) is 0 Å². The van der Waals surface area contributed by atoms with Crippen LogP contribution in [0.15, 0.2) is 24.3 Å². The maximum absolute atomic E-state index is 12.3. The molecule has 0 aliphatic carbocycles. The van der Waals surface area contributed by atoms with Gasteiger partial charge in [-0.3, -0.25) is 10.4 Å². The van der Waals surface area contributed by atoms with Crippen LogP contribution in [0.4, 0.5) is 21.1 Å². The van der Waals surface area contributed by atoms with E-state index in [-0.39, 0.29) is 6.09 Å². The third kappa shape index (κ3) is 4.91. The van der Waals surface area contributed by atoms with Gasteiger partial charge in [0.15, 0.2) is 5.82 Å². The Balaban J connectivity index is 1.67. The van der Waals surface area contributed by atoms with E-state index in [0.29, 0.717) is 36.0 Å². The molecule has 3 rings (SSSR count). The number of urea groups is 1. The standard InChI is InChI=1S/C18H22ClN5O3/c1-18(2,3)27-17(26)24-8-7-14-13(10-24)15(23-22-14)21-16(25)20-12-6-4-5-11(19)9-12/h4-6,9H,7-8,10H2,1-3H3,(H3,20,21,22,23,25). The Kier molecular flexibility index (Phi) is 5.27. The van der Waals surface area contributed by atoms with E-state index in [2.05, 4.69) is 20.8 Å². The monoisotopic (exact) mass is 391 g/mol. The third-order valence-corrected chi connectivity index (χ3v) is 4.13. The van der Waals surface area contributed by atoms with Crippen molar-refractivity contribution >= 4 is 35.2 Å². The van der Waals surface area contributed by atoms with Gasteiger partial charge in [-0.2, -0.15) is 5.10 Å². The molecule has 8 nitrogen and oxygen atoms in total. The number of carbonyl (C=O) groups excluding carboxylic acids is 2. The molecule has 0 fully saturated rings. The lowest BCUT2D eigenvalue weighted by Crippen LogP contribution is -2.40. The SMILES string of the molecule is CC(C)(C)OC(=O)N1CCc2[nH]nc(NC(=O)Nc3cccc(Cl)c3)c2C1. The molecule has 0 atom stereocenters. The minimum atomic E-state index is -0.564. The highest BCUT2D eigenvalue weighted by Gasteiger charge is 2.29. The molecule has 144 valence electrons. The molecular formula is C18H22ClN5O3. The topological polar surface area (TPSA) is 99.3 Å². The summed E-state index contributed by atoms with van der Waals surface area (Å²) in [5.74, 6) is 0.387. The molecule has 0 saturated heterocycles. The van der Waals surface area contributed by atoms with E-state index in [9.17, 15) is 9.59 Å². The predicted molar refractivity (Wildman–Crippen MR) is 103 cm³/mol. The zero-order valence-corrected chi connectivity index (χ0v) is 16.2. The summed E-state index contributed by atoms with van der Waals surface area (Å²) in [6.07, 6.45) is 0.225. The van der Waals surface area contributed by atoms with Crippen LogP contribution in [0.1, 0.15) is 32.0 Å². The van der Waals surface area contributed by atoms with Gasteiger partial charge in [-0.15, -0.1) is 0 Å².